The maximum absolute atomic E-state index is 12.0. The molecule has 1 aliphatic heterocycles. The van der Waals surface area contributed by atoms with E-state index < -0.39 is 0 Å². The maximum atomic E-state index is 12.0. The molecule has 1 atom stereocenters. The Labute approximate surface area is 132 Å². The van der Waals surface area contributed by atoms with Crippen LogP contribution in [0.15, 0.2) is 23.6 Å². The van der Waals surface area contributed by atoms with Gasteiger partial charge in [0.2, 0.25) is 5.91 Å². The van der Waals surface area contributed by atoms with Crippen LogP contribution in [-0.4, -0.2) is 31.7 Å². The molecule has 1 amide bonds. The molecule has 3 rings (SSSR count). The van der Waals surface area contributed by atoms with Crippen molar-refractivity contribution in [3.05, 3.63) is 34.2 Å². The molecule has 1 aromatic heterocycles. The van der Waals surface area contributed by atoms with Crippen LogP contribution in [0, 0.1) is 0 Å². The van der Waals surface area contributed by atoms with Crippen LogP contribution >= 0.6 is 22.9 Å². The lowest BCUT2D eigenvalue weighted by molar-refractivity contribution is -0.122. The van der Waals surface area contributed by atoms with Crippen LogP contribution in [0.25, 0.3) is 10.1 Å². The molecule has 21 heavy (non-hydrogen) atoms. The summed E-state index contributed by atoms with van der Waals surface area (Å²) in [7, 11) is 0. The van der Waals surface area contributed by atoms with Gasteiger partial charge in [-0.3, -0.25) is 4.79 Å². The molecule has 1 fully saturated rings. The second-order valence-electron chi connectivity index (χ2n) is 5.11. The summed E-state index contributed by atoms with van der Waals surface area (Å²) in [5.74, 6) is 0.0411. The lowest BCUT2D eigenvalue weighted by Gasteiger charge is -2.23. The van der Waals surface area contributed by atoms with Crippen LogP contribution in [-0.2, 0) is 16.1 Å². The van der Waals surface area contributed by atoms with E-state index in [4.69, 9.17) is 16.3 Å². The van der Waals surface area contributed by atoms with Crippen LogP contribution in [0.4, 0.5) is 0 Å². The molecule has 2 aromatic rings. The smallest absolute Gasteiger partial charge is 0.221 e. The number of halogens is 1. The van der Waals surface area contributed by atoms with Gasteiger partial charge in [-0.25, -0.2) is 0 Å². The second kappa shape index (κ2) is 6.75. The minimum Gasteiger partial charge on any atom is -0.378 e. The number of thiophene rings is 1. The van der Waals surface area contributed by atoms with Gasteiger partial charge in [0, 0.05) is 35.3 Å². The van der Waals surface area contributed by atoms with Crippen LogP contribution in [0.5, 0.6) is 0 Å². The molecule has 2 heterocycles. The summed E-state index contributed by atoms with van der Waals surface area (Å²) in [5, 5.41) is 10.2. The van der Waals surface area contributed by atoms with E-state index in [0.29, 0.717) is 19.6 Å². The lowest BCUT2D eigenvalue weighted by Crippen LogP contribution is -2.44. The van der Waals surface area contributed by atoms with Gasteiger partial charge in [-0.15, -0.1) is 11.3 Å². The Morgan fingerprint density at radius 2 is 2.43 bits per heavy atom. The standard InChI is InChI=1S/C15H17ClN2O2S/c16-11-1-2-14-13(5-11)10(9-21-14)7-18-15(19)6-12-8-20-4-3-17-12/h1-2,5,9,12,17H,3-4,6-8H2,(H,18,19). The third kappa shape index (κ3) is 3.74. The maximum Gasteiger partial charge on any atom is 0.221 e. The van der Waals surface area contributed by atoms with Crippen LogP contribution in [0.1, 0.15) is 12.0 Å². The Balaban J connectivity index is 1.58. The fourth-order valence-corrected chi connectivity index (χ4v) is 3.55. The predicted octanol–water partition coefficient (Wildman–Crippen LogP) is 2.55. The number of carbonyl (C=O) groups excluding carboxylic acids is 1. The van der Waals surface area contributed by atoms with Gasteiger partial charge < -0.3 is 15.4 Å². The van der Waals surface area contributed by atoms with Gasteiger partial charge in [0.05, 0.1) is 13.2 Å². The molecule has 0 bridgehead atoms. The Morgan fingerprint density at radius 1 is 1.52 bits per heavy atom. The van der Waals surface area contributed by atoms with Crippen molar-refractivity contribution in [2.24, 2.45) is 0 Å². The molecule has 0 spiro atoms. The Bertz CT molecular complexity index is 638. The number of morpholine rings is 1. The Morgan fingerprint density at radius 3 is 3.24 bits per heavy atom. The Kier molecular flexibility index (Phi) is 4.75. The highest BCUT2D eigenvalue weighted by Gasteiger charge is 2.16. The summed E-state index contributed by atoms with van der Waals surface area (Å²) >= 11 is 7.70. The number of hydrogen-bond donors (Lipinski definition) is 2. The summed E-state index contributed by atoms with van der Waals surface area (Å²) in [6.07, 6.45) is 0.447. The summed E-state index contributed by atoms with van der Waals surface area (Å²) in [4.78, 5) is 12.0. The van der Waals surface area contributed by atoms with Crippen molar-refractivity contribution in [2.75, 3.05) is 19.8 Å². The fraction of sp³-hybridized carbons (Fsp3) is 0.400. The van der Waals surface area contributed by atoms with E-state index in [1.807, 2.05) is 18.2 Å². The molecular formula is C15H17ClN2O2S. The topological polar surface area (TPSA) is 50.4 Å². The molecule has 4 nitrogen and oxygen atoms in total. The van der Waals surface area contributed by atoms with E-state index in [1.165, 1.54) is 4.70 Å². The number of amides is 1. The highest BCUT2D eigenvalue weighted by molar-refractivity contribution is 7.17. The van der Waals surface area contributed by atoms with Crippen LogP contribution in [0.2, 0.25) is 5.02 Å². The number of ether oxygens (including phenoxy) is 1. The average Bonchev–Trinajstić information content (AvgIpc) is 2.88. The molecule has 112 valence electrons. The summed E-state index contributed by atoms with van der Waals surface area (Å²) < 4.78 is 6.53. The number of fused-ring (bicyclic) bond motifs is 1. The summed E-state index contributed by atoms with van der Waals surface area (Å²) in [6, 6.07) is 5.97. The second-order valence-corrected chi connectivity index (χ2v) is 6.46. The van der Waals surface area contributed by atoms with Crippen molar-refractivity contribution in [1.29, 1.82) is 0 Å². The summed E-state index contributed by atoms with van der Waals surface area (Å²) in [5.41, 5.74) is 1.11. The summed E-state index contributed by atoms with van der Waals surface area (Å²) in [6.45, 7) is 2.67. The molecule has 2 N–H and O–H groups in total. The molecule has 1 unspecified atom stereocenters. The fourth-order valence-electron chi connectivity index (χ4n) is 2.43. The van der Waals surface area contributed by atoms with E-state index in [-0.39, 0.29) is 11.9 Å². The zero-order valence-electron chi connectivity index (χ0n) is 11.5. The van der Waals surface area contributed by atoms with E-state index >= 15 is 0 Å². The third-order valence-corrected chi connectivity index (χ3v) is 4.77. The van der Waals surface area contributed by atoms with Gasteiger partial charge in [0.25, 0.3) is 0 Å². The van der Waals surface area contributed by atoms with E-state index in [1.54, 1.807) is 11.3 Å². The van der Waals surface area contributed by atoms with E-state index in [2.05, 4.69) is 16.0 Å². The molecular weight excluding hydrogens is 308 g/mol. The molecule has 0 aliphatic carbocycles. The van der Waals surface area contributed by atoms with E-state index in [0.717, 1.165) is 29.1 Å². The van der Waals surface area contributed by atoms with Crippen LogP contribution < -0.4 is 10.6 Å². The van der Waals surface area contributed by atoms with Gasteiger partial charge in [0.15, 0.2) is 0 Å². The minimum atomic E-state index is 0.0411. The first-order valence-corrected chi connectivity index (χ1v) is 8.21. The van der Waals surface area contributed by atoms with Gasteiger partial charge in [-0.1, -0.05) is 11.6 Å². The van der Waals surface area contributed by atoms with Crippen LogP contribution in [0.3, 0.4) is 0 Å². The monoisotopic (exact) mass is 324 g/mol. The molecule has 0 saturated carbocycles. The van der Waals surface area contributed by atoms with Gasteiger partial charge >= 0.3 is 0 Å². The number of hydrogen-bond acceptors (Lipinski definition) is 4. The number of rotatable bonds is 4. The van der Waals surface area contributed by atoms with Gasteiger partial charge in [-0.05, 0) is 34.5 Å². The zero-order valence-corrected chi connectivity index (χ0v) is 13.1. The minimum absolute atomic E-state index is 0.0411. The van der Waals surface area contributed by atoms with Crippen molar-refractivity contribution in [2.45, 2.75) is 19.0 Å². The van der Waals surface area contributed by atoms with Crippen molar-refractivity contribution >= 4 is 38.9 Å². The largest absolute Gasteiger partial charge is 0.378 e. The van der Waals surface area contributed by atoms with E-state index in [9.17, 15) is 4.79 Å². The van der Waals surface area contributed by atoms with Crippen molar-refractivity contribution in [1.82, 2.24) is 10.6 Å². The predicted molar refractivity (Wildman–Crippen MR) is 85.9 cm³/mol. The third-order valence-electron chi connectivity index (χ3n) is 3.52. The van der Waals surface area contributed by atoms with Gasteiger partial charge in [-0.2, -0.15) is 0 Å². The first-order valence-electron chi connectivity index (χ1n) is 6.96. The first-order chi connectivity index (χ1) is 10.2. The Hall–Kier alpha value is -1.14. The quantitative estimate of drug-likeness (QED) is 0.908. The lowest BCUT2D eigenvalue weighted by atomic mass is 10.1. The molecule has 6 heteroatoms. The SMILES string of the molecule is O=C(CC1COCCN1)NCc1csc2ccc(Cl)cc12. The highest BCUT2D eigenvalue weighted by Crippen LogP contribution is 2.28. The number of carbonyl (C=O) groups is 1. The molecule has 1 aliphatic rings. The van der Waals surface area contributed by atoms with Crippen molar-refractivity contribution < 1.29 is 9.53 Å². The molecule has 0 radical (unpaired) electrons. The average molecular weight is 325 g/mol. The zero-order chi connectivity index (χ0) is 14.7. The number of benzene rings is 1. The first kappa shape index (κ1) is 14.8. The highest BCUT2D eigenvalue weighted by atomic mass is 35.5. The molecule has 1 aromatic carbocycles. The van der Waals surface area contributed by atoms with Crippen molar-refractivity contribution in [3.8, 4) is 0 Å². The van der Waals surface area contributed by atoms with Crippen molar-refractivity contribution in [3.63, 3.8) is 0 Å². The number of nitrogens with one attached hydrogen (secondary N) is 2. The van der Waals surface area contributed by atoms with Gasteiger partial charge in [0.1, 0.15) is 0 Å². The normalized spacial score (nSPS) is 18.8. The molecule has 1 saturated heterocycles.